The summed E-state index contributed by atoms with van der Waals surface area (Å²) in [7, 11) is -3.96. The van der Waals surface area contributed by atoms with Crippen LogP contribution in [-0.2, 0) is 20.8 Å². The van der Waals surface area contributed by atoms with E-state index in [-0.39, 0.29) is 53.0 Å². The van der Waals surface area contributed by atoms with Gasteiger partial charge in [-0.2, -0.15) is 18.2 Å². The Morgan fingerprint density at radius 2 is 1.82 bits per heavy atom. The number of sulfone groups is 1. The van der Waals surface area contributed by atoms with Crippen LogP contribution >= 0.6 is 11.6 Å². The molecule has 2 aromatic heterocycles. The summed E-state index contributed by atoms with van der Waals surface area (Å²) in [5.74, 6) is -1.53. The second-order valence-electron chi connectivity index (χ2n) is 10.6. The van der Waals surface area contributed by atoms with E-state index < -0.39 is 55.4 Å². The summed E-state index contributed by atoms with van der Waals surface area (Å²) >= 11 is 6.20. The van der Waals surface area contributed by atoms with Gasteiger partial charge in [0.2, 0.25) is 5.91 Å². The van der Waals surface area contributed by atoms with Crippen molar-refractivity contribution in [3.8, 4) is 16.9 Å². The zero-order valence-electron chi connectivity index (χ0n) is 24.2. The summed E-state index contributed by atoms with van der Waals surface area (Å²) in [5, 5.41) is -0.516. The third-order valence-electron chi connectivity index (χ3n) is 7.57. The number of rotatable bonds is 5. The first-order valence-corrected chi connectivity index (χ1v) is 15.8. The lowest BCUT2D eigenvalue weighted by Crippen LogP contribution is -2.54. The number of para-hydroxylation sites is 1. The van der Waals surface area contributed by atoms with Crippen LogP contribution in [0.1, 0.15) is 18.1 Å². The fourth-order valence-electron chi connectivity index (χ4n) is 5.52. The molecule has 236 valence electrons. The molecule has 1 fully saturated rings. The highest BCUT2D eigenvalue weighted by molar-refractivity contribution is 7.90. The number of alkyl halides is 3. The zero-order chi connectivity index (χ0) is 33.0. The van der Waals surface area contributed by atoms with Crippen molar-refractivity contribution in [2.75, 3.05) is 30.8 Å². The number of anilines is 1. The molecule has 1 amide bonds. The molecule has 0 bridgehead atoms. The van der Waals surface area contributed by atoms with E-state index >= 15 is 4.39 Å². The molecule has 0 saturated carbocycles. The summed E-state index contributed by atoms with van der Waals surface area (Å²) in [6, 6.07) is 7.68. The van der Waals surface area contributed by atoms with Crippen molar-refractivity contribution in [3.63, 3.8) is 0 Å². The molecule has 5 rings (SSSR count). The number of aryl methyl sites for hydroxylation is 1. The number of hydrogen-bond acceptors (Lipinski definition) is 7. The Morgan fingerprint density at radius 3 is 2.44 bits per heavy atom. The average Bonchev–Trinajstić information content (AvgIpc) is 2.96. The van der Waals surface area contributed by atoms with Crippen LogP contribution in [0.4, 0.5) is 23.4 Å². The van der Waals surface area contributed by atoms with Gasteiger partial charge in [-0.1, -0.05) is 36.4 Å². The molecular weight excluding hydrogens is 638 g/mol. The van der Waals surface area contributed by atoms with Crippen molar-refractivity contribution in [1.82, 2.24) is 19.4 Å². The normalized spacial score (nSPS) is 15.9. The van der Waals surface area contributed by atoms with E-state index in [2.05, 4.69) is 16.5 Å². The van der Waals surface area contributed by atoms with Crippen LogP contribution in [0.2, 0.25) is 5.02 Å². The van der Waals surface area contributed by atoms with Crippen molar-refractivity contribution in [1.29, 1.82) is 0 Å². The summed E-state index contributed by atoms with van der Waals surface area (Å²) in [6.07, 6.45) is -2.84. The minimum atomic E-state index is -4.94. The van der Waals surface area contributed by atoms with E-state index in [1.54, 1.807) is 11.8 Å². The number of aromatic nitrogens is 3. The summed E-state index contributed by atoms with van der Waals surface area (Å²) < 4.78 is 84.8. The fraction of sp³-hybridized carbons (Fsp3) is 0.267. The van der Waals surface area contributed by atoms with Crippen molar-refractivity contribution >= 4 is 44.2 Å². The number of halogens is 5. The number of piperazine rings is 1. The van der Waals surface area contributed by atoms with Gasteiger partial charge in [-0.3, -0.25) is 4.79 Å². The third kappa shape index (κ3) is 5.79. The van der Waals surface area contributed by atoms with Crippen LogP contribution in [0.25, 0.3) is 28.0 Å². The molecule has 0 radical (unpaired) electrons. The molecule has 0 N–H and O–H groups in total. The van der Waals surface area contributed by atoms with Gasteiger partial charge in [-0.15, -0.1) is 0 Å². The molecule has 9 nitrogen and oxygen atoms in total. The van der Waals surface area contributed by atoms with Gasteiger partial charge in [-0.05, 0) is 49.8 Å². The SMILES string of the molecule is C=CC(=O)N1CCN(c2nc(=O)n(-c3c(C)cccc3S(C)(=O)=O)c3nc(-c4c(Cl)cccc4C(F)(F)F)c(F)cc23)[C@@H](C)C1. The highest BCUT2D eigenvalue weighted by Gasteiger charge is 2.37. The Balaban J connectivity index is 1.89. The van der Waals surface area contributed by atoms with Crippen LogP contribution in [0.15, 0.2) is 64.8 Å². The molecule has 1 atom stereocenters. The monoisotopic (exact) mass is 663 g/mol. The second-order valence-corrected chi connectivity index (χ2v) is 13.0. The van der Waals surface area contributed by atoms with Crippen LogP contribution in [0, 0.1) is 12.7 Å². The van der Waals surface area contributed by atoms with Crippen molar-refractivity contribution in [3.05, 3.63) is 87.6 Å². The molecule has 1 aliphatic heterocycles. The lowest BCUT2D eigenvalue weighted by atomic mass is 10.0. The number of hydrogen-bond donors (Lipinski definition) is 0. The average molecular weight is 664 g/mol. The zero-order valence-corrected chi connectivity index (χ0v) is 25.8. The molecule has 0 unspecified atom stereocenters. The Kier molecular flexibility index (Phi) is 8.25. The van der Waals surface area contributed by atoms with Crippen molar-refractivity contribution < 1.29 is 30.8 Å². The number of benzene rings is 2. The van der Waals surface area contributed by atoms with Gasteiger partial charge in [-0.25, -0.2) is 27.2 Å². The largest absolute Gasteiger partial charge is 0.417 e. The minimum Gasteiger partial charge on any atom is -0.350 e. The molecular formula is C30H26ClF4N5O4S. The van der Waals surface area contributed by atoms with E-state index in [0.29, 0.717) is 5.56 Å². The number of fused-ring (bicyclic) bond motifs is 1. The van der Waals surface area contributed by atoms with Gasteiger partial charge < -0.3 is 9.80 Å². The quantitative estimate of drug-likeness (QED) is 0.214. The number of carbonyl (C=O) groups is 1. The van der Waals surface area contributed by atoms with Crippen LogP contribution in [0.3, 0.4) is 0 Å². The van der Waals surface area contributed by atoms with E-state index in [1.165, 1.54) is 36.1 Å². The first kappa shape index (κ1) is 32.1. The van der Waals surface area contributed by atoms with Crippen LogP contribution < -0.4 is 10.6 Å². The van der Waals surface area contributed by atoms with Crippen molar-refractivity contribution in [2.45, 2.75) is 31.0 Å². The summed E-state index contributed by atoms with van der Waals surface area (Å²) in [5.41, 5.74) is -3.98. The predicted molar refractivity (Wildman–Crippen MR) is 162 cm³/mol. The maximum absolute atomic E-state index is 16.0. The molecule has 2 aromatic carbocycles. The van der Waals surface area contributed by atoms with Gasteiger partial charge in [0.05, 0.1) is 26.6 Å². The molecule has 15 heteroatoms. The molecule has 45 heavy (non-hydrogen) atoms. The molecule has 3 heterocycles. The minimum absolute atomic E-state index is 0.0351. The van der Waals surface area contributed by atoms with Gasteiger partial charge in [0.15, 0.2) is 15.5 Å². The van der Waals surface area contributed by atoms with Gasteiger partial charge in [0.25, 0.3) is 0 Å². The van der Waals surface area contributed by atoms with Gasteiger partial charge >= 0.3 is 11.9 Å². The van der Waals surface area contributed by atoms with Crippen LogP contribution in [0.5, 0.6) is 0 Å². The topological polar surface area (TPSA) is 105 Å². The molecule has 1 saturated heterocycles. The van der Waals surface area contributed by atoms with Gasteiger partial charge in [0, 0.05) is 37.5 Å². The van der Waals surface area contributed by atoms with E-state index in [0.717, 1.165) is 35.1 Å². The summed E-state index contributed by atoms with van der Waals surface area (Å²) in [4.78, 5) is 37.6. The Morgan fingerprint density at radius 1 is 1.13 bits per heavy atom. The predicted octanol–water partition coefficient (Wildman–Crippen LogP) is 5.19. The fourth-order valence-corrected chi connectivity index (χ4v) is 6.72. The highest BCUT2D eigenvalue weighted by Crippen LogP contribution is 2.42. The lowest BCUT2D eigenvalue weighted by molar-refractivity contribution is -0.137. The Hall–Kier alpha value is -4.30. The lowest BCUT2D eigenvalue weighted by Gasteiger charge is -2.40. The standard InChI is InChI=1S/C30H26ClF4N5O4S/c1-5-23(41)38-12-13-39(17(3)15-38)27-18-14-21(32)25(24-19(30(33,34)35)9-7-10-20(24)31)36-28(18)40(29(42)37-27)26-16(2)8-6-11-22(26)45(4,43)44/h5-11,14,17H,1,12-13,15H2,2-4H3/t17-/m0/s1. The molecule has 4 aromatic rings. The van der Waals surface area contributed by atoms with E-state index in [9.17, 15) is 31.2 Å². The van der Waals surface area contributed by atoms with Crippen molar-refractivity contribution in [2.24, 2.45) is 0 Å². The number of pyridine rings is 1. The first-order valence-electron chi connectivity index (χ1n) is 13.5. The molecule has 0 spiro atoms. The maximum Gasteiger partial charge on any atom is 0.417 e. The number of amides is 1. The smallest absolute Gasteiger partial charge is 0.350 e. The molecule has 1 aliphatic rings. The van der Waals surface area contributed by atoms with E-state index in [1.807, 2.05) is 0 Å². The second kappa shape index (κ2) is 11.6. The van der Waals surface area contributed by atoms with E-state index in [4.69, 9.17) is 11.6 Å². The third-order valence-corrected chi connectivity index (χ3v) is 9.01. The Bertz CT molecular complexity index is 2050. The highest BCUT2D eigenvalue weighted by atomic mass is 35.5. The maximum atomic E-state index is 16.0. The molecule has 0 aliphatic carbocycles. The summed E-state index contributed by atoms with van der Waals surface area (Å²) in [6.45, 7) is 7.36. The van der Waals surface area contributed by atoms with Gasteiger partial charge in [0.1, 0.15) is 17.3 Å². The number of carbonyl (C=O) groups excluding carboxylic acids is 1. The number of nitrogens with zero attached hydrogens (tertiary/aromatic N) is 5. The first-order chi connectivity index (χ1) is 21.0. The Labute approximate surface area is 260 Å². The van der Waals surface area contributed by atoms with Crippen LogP contribution in [-0.4, -0.2) is 65.7 Å².